The van der Waals surface area contributed by atoms with Crippen molar-refractivity contribution in [3.05, 3.63) is 124 Å². The molecule has 0 aliphatic heterocycles. The van der Waals surface area contributed by atoms with E-state index >= 15 is 0 Å². The average Bonchev–Trinajstić information content (AvgIpc) is 3.42. The first-order valence-electron chi connectivity index (χ1n) is 13.5. The molecule has 3 amide bonds. The molecule has 0 spiro atoms. The van der Waals surface area contributed by atoms with E-state index < -0.39 is 11.8 Å². The summed E-state index contributed by atoms with van der Waals surface area (Å²) in [6.45, 7) is 1.95. The van der Waals surface area contributed by atoms with E-state index in [0.717, 1.165) is 25.1 Å². The number of hydrogen-bond acceptors (Lipinski definition) is 6. The van der Waals surface area contributed by atoms with Crippen molar-refractivity contribution in [1.82, 2.24) is 10.3 Å². The van der Waals surface area contributed by atoms with Gasteiger partial charge >= 0.3 is 0 Å². The Morgan fingerprint density at radius 3 is 2.44 bits per heavy atom. The molecule has 1 heterocycles. The molecule has 0 aliphatic rings. The summed E-state index contributed by atoms with van der Waals surface area (Å²) < 4.78 is 1.85. The molecular weight excluding hydrogens is 644 g/mol. The van der Waals surface area contributed by atoms with Gasteiger partial charge in [0.2, 0.25) is 5.91 Å². The zero-order valence-corrected chi connectivity index (χ0v) is 26.3. The summed E-state index contributed by atoms with van der Waals surface area (Å²) in [5, 5.41) is 8.80. The monoisotopic (exact) mass is 670 g/mol. The Morgan fingerprint density at radius 1 is 0.907 bits per heavy atom. The highest BCUT2D eigenvalue weighted by molar-refractivity contribution is 9.10. The lowest BCUT2D eigenvalue weighted by Gasteiger charge is -2.15. The molecule has 0 fully saturated rings. The Morgan fingerprint density at radius 2 is 1.67 bits per heavy atom. The minimum Gasteiger partial charge on any atom is -0.321 e. The van der Waals surface area contributed by atoms with Crippen molar-refractivity contribution in [3.8, 4) is 0 Å². The number of thiazole rings is 1. The summed E-state index contributed by atoms with van der Waals surface area (Å²) >= 11 is 6.30. The van der Waals surface area contributed by atoms with Crippen LogP contribution in [0, 0.1) is 0 Å². The predicted octanol–water partition coefficient (Wildman–Crippen LogP) is 7.98. The molecule has 1 atom stereocenters. The van der Waals surface area contributed by atoms with Crippen LogP contribution in [0.25, 0.3) is 16.3 Å². The molecule has 1 unspecified atom stereocenters. The van der Waals surface area contributed by atoms with Gasteiger partial charge in [-0.05, 0) is 72.7 Å². The van der Waals surface area contributed by atoms with Crippen LogP contribution in [0.2, 0.25) is 0 Å². The largest absolute Gasteiger partial charge is 0.321 e. The lowest BCUT2D eigenvalue weighted by molar-refractivity contribution is -0.116. The molecule has 0 aliphatic carbocycles. The third kappa shape index (κ3) is 8.19. The highest BCUT2D eigenvalue weighted by Crippen LogP contribution is 2.30. The third-order valence-corrected chi connectivity index (χ3v) is 9.05. The number of nitrogens with one attached hydrogen (secondary N) is 3. The number of carbonyl (C=O) groups is 3. The quantitative estimate of drug-likeness (QED) is 0.103. The van der Waals surface area contributed by atoms with E-state index in [0.29, 0.717) is 22.8 Å². The van der Waals surface area contributed by atoms with Gasteiger partial charge in [0.15, 0.2) is 5.13 Å². The maximum atomic E-state index is 13.5. The van der Waals surface area contributed by atoms with Crippen LogP contribution in [0.15, 0.2) is 118 Å². The van der Waals surface area contributed by atoms with E-state index in [1.165, 1.54) is 23.1 Å². The van der Waals surface area contributed by atoms with Gasteiger partial charge in [-0.3, -0.25) is 14.4 Å². The van der Waals surface area contributed by atoms with Crippen LogP contribution in [0.3, 0.4) is 0 Å². The van der Waals surface area contributed by atoms with Crippen LogP contribution in [0.1, 0.15) is 29.3 Å². The molecule has 5 rings (SSSR count). The van der Waals surface area contributed by atoms with E-state index in [4.69, 9.17) is 0 Å². The molecule has 3 N–H and O–H groups in total. The van der Waals surface area contributed by atoms with Gasteiger partial charge in [0.05, 0.1) is 15.5 Å². The lowest BCUT2D eigenvalue weighted by atomic mass is 10.1. The molecule has 0 radical (unpaired) electrons. The molecule has 216 valence electrons. The normalized spacial score (nSPS) is 12.0. The standard InChI is InChI=1S/C33H27BrN4O3S2/c1-2-28(32(41)38-33-37-26-16-6-7-17-29(26)43-33)42-25-15-9-14-24(20-25)35-31(40)27(19-21-10-8-13-23(34)18-21)36-30(39)22-11-4-3-5-12-22/h3-20,28H,2H2,1H3,(H,35,40)(H,36,39)(H,37,38,41)/b27-19+. The van der Waals surface area contributed by atoms with Gasteiger partial charge in [0, 0.05) is 20.6 Å². The Labute approximate surface area is 265 Å². The summed E-state index contributed by atoms with van der Waals surface area (Å²) in [6.07, 6.45) is 2.22. The van der Waals surface area contributed by atoms with Gasteiger partial charge in [-0.2, -0.15) is 0 Å². The van der Waals surface area contributed by atoms with Crippen LogP contribution in [-0.2, 0) is 9.59 Å². The second-order valence-corrected chi connectivity index (χ2v) is 12.6. The minimum atomic E-state index is -0.480. The Bertz CT molecular complexity index is 1770. The molecule has 0 saturated carbocycles. The SMILES string of the molecule is CCC(Sc1cccc(NC(=O)/C(=C\c2cccc(Br)c2)NC(=O)c2ccccc2)c1)C(=O)Nc1nc2ccccc2s1. The van der Waals surface area contributed by atoms with E-state index in [2.05, 4.69) is 36.9 Å². The first-order valence-corrected chi connectivity index (χ1v) is 15.9. The minimum absolute atomic E-state index is 0.0895. The number of hydrogen-bond donors (Lipinski definition) is 3. The lowest BCUT2D eigenvalue weighted by Crippen LogP contribution is -2.30. The van der Waals surface area contributed by atoms with Gasteiger partial charge in [-0.25, -0.2) is 4.98 Å². The van der Waals surface area contributed by atoms with E-state index in [9.17, 15) is 14.4 Å². The summed E-state index contributed by atoms with van der Waals surface area (Å²) in [4.78, 5) is 44.8. The number of thioether (sulfide) groups is 1. The highest BCUT2D eigenvalue weighted by atomic mass is 79.9. The van der Waals surface area contributed by atoms with Crippen molar-refractivity contribution in [2.24, 2.45) is 0 Å². The zero-order valence-electron chi connectivity index (χ0n) is 23.0. The van der Waals surface area contributed by atoms with Crippen LogP contribution in [0.5, 0.6) is 0 Å². The van der Waals surface area contributed by atoms with E-state index in [-0.39, 0.29) is 16.9 Å². The molecule has 7 nitrogen and oxygen atoms in total. The maximum absolute atomic E-state index is 13.5. The first-order chi connectivity index (χ1) is 20.9. The number of rotatable bonds is 10. The van der Waals surface area contributed by atoms with Gasteiger partial charge in [0.25, 0.3) is 11.8 Å². The van der Waals surface area contributed by atoms with Crippen molar-refractivity contribution >= 4 is 83.9 Å². The molecule has 43 heavy (non-hydrogen) atoms. The fourth-order valence-electron chi connectivity index (χ4n) is 4.15. The van der Waals surface area contributed by atoms with Crippen molar-refractivity contribution < 1.29 is 14.4 Å². The number of amides is 3. The van der Waals surface area contributed by atoms with Crippen molar-refractivity contribution in [1.29, 1.82) is 0 Å². The number of anilines is 2. The Kier molecular flexibility index (Phi) is 10.0. The first kappa shape index (κ1) is 30.2. The number of carbonyl (C=O) groups excluding carboxylic acids is 3. The van der Waals surface area contributed by atoms with Crippen molar-refractivity contribution in [2.75, 3.05) is 10.6 Å². The van der Waals surface area contributed by atoms with Gasteiger partial charge in [-0.1, -0.05) is 82.7 Å². The molecule has 5 aromatic rings. The van der Waals surface area contributed by atoms with Crippen molar-refractivity contribution in [2.45, 2.75) is 23.5 Å². The van der Waals surface area contributed by atoms with Crippen molar-refractivity contribution in [3.63, 3.8) is 0 Å². The van der Waals surface area contributed by atoms with Gasteiger partial charge in [-0.15, -0.1) is 11.8 Å². The van der Waals surface area contributed by atoms with Gasteiger partial charge in [0.1, 0.15) is 5.70 Å². The smallest absolute Gasteiger partial charge is 0.272 e. The fourth-order valence-corrected chi connectivity index (χ4v) is 6.45. The summed E-state index contributed by atoms with van der Waals surface area (Å²) in [6, 6.07) is 31.2. The van der Waals surface area contributed by atoms with Crippen LogP contribution < -0.4 is 16.0 Å². The average molecular weight is 672 g/mol. The molecular formula is C33H27BrN4O3S2. The third-order valence-electron chi connectivity index (χ3n) is 6.25. The molecule has 10 heteroatoms. The van der Waals surface area contributed by atoms with E-state index in [1.807, 2.05) is 79.7 Å². The molecule has 0 saturated heterocycles. The predicted molar refractivity (Wildman–Crippen MR) is 179 cm³/mol. The Balaban J connectivity index is 1.30. The second kappa shape index (κ2) is 14.3. The molecule has 0 bridgehead atoms. The number of benzene rings is 4. The summed E-state index contributed by atoms with van der Waals surface area (Å²) in [5.41, 5.74) is 2.64. The molecule has 1 aromatic heterocycles. The number of fused-ring (bicyclic) bond motifs is 1. The Hall–Kier alpha value is -4.25. The number of para-hydroxylation sites is 1. The highest BCUT2D eigenvalue weighted by Gasteiger charge is 2.20. The van der Waals surface area contributed by atoms with Gasteiger partial charge < -0.3 is 16.0 Å². The van der Waals surface area contributed by atoms with Crippen LogP contribution in [0.4, 0.5) is 10.8 Å². The number of aromatic nitrogens is 1. The second-order valence-electron chi connectivity index (χ2n) is 9.41. The summed E-state index contributed by atoms with van der Waals surface area (Å²) in [5.74, 6) is -1.01. The van der Waals surface area contributed by atoms with Crippen LogP contribution in [-0.4, -0.2) is 28.0 Å². The fraction of sp³-hybridized carbons (Fsp3) is 0.0909. The topological polar surface area (TPSA) is 100 Å². The summed E-state index contributed by atoms with van der Waals surface area (Å²) in [7, 11) is 0. The van der Waals surface area contributed by atoms with Crippen LogP contribution >= 0.6 is 39.0 Å². The number of nitrogens with zero attached hydrogens (tertiary/aromatic N) is 1. The zero-order chi connectivity index (χ0) is 30.2. The molecule has 4 aromatic carbocycles. The number of halogens is 1. The van der Waals surface area contributed by atoms with E-state index in [1.54, 1.807) is 36.4 Å². The maximum Gasteiger partial charge on any atom is 0.272 e.